The molecule has 0 saturated heterocycles. The molecule has 1 amide bonds. The van der Waals surface area contributed by atoms with E-state index in [0.717, 1.165) is 10.0 Å². The summed E-state index contributed by atoms with van der Waals surface area (Å²) in [6, 6.07) is 7.08. The van der Waals surface area contributed by atoms with Gasteiger partial charge in [0, 0.05) is 28.0 Å². The minimum absolute atomic E-state index is 0.274. The maximum Gasteiger partial charge on any atom is 0.271 e. The molecule has 0 spiro atoms. The summed E-state index contributed by atoms with van der Waals surface area (Å²) < 4.78 is 0.843. The van der Waals surface area contributed by atoms with E-state index in [1.165, 1.54) is 18.0 Å². The fraction of sp³-hybridized carbons (Fsp3) is 0.0769. The first-order chi connectivity index (χ1) is 9.69. The topological polar surface area (TPSA) is 67.2 Å². The van der Waals surface area contributed by atoms with E-state index in [1.54, 1.807) is 30.6 Å². The molecule has 1 heterocycles. The lowest BCUT2D eigenvalue weighted by Gasteiger charge is -2.00. The second-order valence-electron chi connectivity index (χ2n) is 3.71. The van der Waals surface area contributed by atoms with Gasteiger partial charge in [0.15, 0.2) is 5.16 Å². The number of hydrazone groups is 1. The highest BCUT2D eigenvalue weighted by molar-refractivity contribution is 9.10. The van der Waals surface area contributed by atoms with Crippen LogP contribution in [-0.4, -0.2) is 28.3 Å². The van der Waals surface area contributed by atoms with E-state index < -0.39 is 0 Å². The van der Waals surface area contributed by atoms with Crippen molar-refractivity contribution in [1.82, 2.24) is 15.4 Å². The van der Waals surface area contributed by atoms with Crippen molar-refractivity contribution in [2.75, 3.05) is 6.26 Å². The number of nitrogens with zero attached hydrogens (tertiary/aromatic N) is 3. The van der Waals surface area contributed by atoms with Crippen LogP contribution in [-0.2, 0) is 0 Å². The Kier molecular flexibility index (Phi) is 5.25. The molecule has 0 atom stereocenters. The van der Waals surface area contributed by atoms with E-state index in [1.807, 2.05) is 12.3 Å². The average Bonchev–Trinajstić information content (AvgIpc) is 2.48. The average molecular weight is 351 g/mol. The summed E-state index contributed by atoms with van der Waals surface area (Å²) in [7, 11) is 0. The number of hydrogen-bond donors (Lipinski definition) is 1. The maximum absolute atomic E-state index is 11.8. The predicted molar refractivity (Wildman–Crippen MR) is 83.0 cm³/mol. The van der Waals surface area contributed by atoms with Crippen LogP contribution in [0.25, 0.3) is 0 Å². The third-order valence-corrected chi connectivity index (χ3v) is 3.37. The molecule has 0 aliphatic carbocycles. The number of nitrogens with one attached hydrogen (secondary N) is 1. The van der Waals surface area contributed by atoms with Crippen molar-refractivity contribution in [3.8, 4) is 0 Å². The van der Waals surface area contributed by atoms with Crippen LogP contribution in [0.2, 0.25) is 0 Å². The third kappa shape index (κ3) is 4.14. The van der Waals surface area contributed by atoms with E-state index in [0.29, 0.717) is 10.7 Å². The number of rotatable bonds is 4. The summed E-state index contributed by atoms with van der Waals surface area (Å²) in [5.41, 5.74) is 3.70. The monoisotopic (exact) mass is 350 g/mol. The summed E-state index contributed by atoms with van der Waals surface area (Å²) in [5, 5.41) is 4.57. The number of benzene rings is 1. The molecule has 1 N–H and O–H groups in total. The number of hydrogen-bond acceptors (Lipinski definition) is 5. The lowest BCUT2D eigenvalue weighted by molar-refractivity contribution is 0.0955. The molecule has 5 nitrogen and oxygen atoms in total. The van der Waals surface area contributed by atoms with Crippen molar-refractivity contribution in [3.63, 3.8) is 0 Å². The number of carbonyl (C=O) groups is 1. The number of halogens is 1. The van der Waals surface area contributed by atoms with E-state index >= 15 is 0 Å². The highest BCUT2D eigenvalue weighted by Crippen LogP contribution is 2.11. The molecule has 0 radical (unpaired) electrons. The molecule has 20 heavy (non-hydrogen) atoms. The van der Waals surface area contributed by atoms with Gasteiger partial charge in [0.1, 0.15) is 0 Å². The first-order valence-electron chi connectivity index (χ1n) is 5.64. The predicted octanol–water partition coefficient (Wildman–Crippen LogP) is 2.72. The van der Waals surface area contributed by atoms with Crippen molar-refractivity contribution in [3.05, 3.63) is 52.3 Å². The third-order valence-electron chi connectivity index (χ3n) is 2.30. The molecule has 102 valence electrons. The number of amides is 1. The Bertz CT molecular complexity index is 631. The zero-order chi connectivity index (χ0) is 14.4. The molecule has 1 aromatic heterocycles. The van der Waals surface area contributed by atoms with E-state index in [4.69, 9.17) is 0 Å². The molecular formula is C13H11BrN4OS. The Hall–Kier alpha value is -1.73. The number of aromatic nitrogens is 2. The Morgan fingerprint density at radius 2 is 2.15 bits per heavy atom. The molecule has 1 aromatic carbocycles. The molecule has 0 bridgehead atoms. The normalized spacial score (nSPS) is 10.7. The first kappa shape index (κ1) is 14.7. The van der Waals surface area contributed by atoms with Crippen molar-refractivity contribution in [2.24, 2.45) is 5.10 Å². The highest BCUT2D eigenvalue weighted by Gasteiger charge is 2.03. The van der Waals surface area contributed by atoms with Crippen LogP contribution in [0.5, 0.6) is 0 Å². The first-order valence-corrected chi connectivity index (χ1v) is 7.66. The van der Waals surface area contributed by atoms with E-state index in [9.17, 15) is 4.79 Å². The smallest absolute Gasteiger partial charge is 0.267 e. The van der Waals surface area contributed by atoms with E-state index in [2.05, 4.69) is 36.4 Å². The lowest BCUT2D eigenvalue weighted by Crippen LogP contribution is -2.17. The maximum atomic E-state index is 11.8. The number of thioether (sulfide) groups is 1. The van der Waals surface area contributed by atoms with Crippen molar-refractivity contribution < 1.29 is 4.79 Å². The molecule has 0 aliphatic rings. The van der Waals surface area contributed by atoms with Gasteiger partial charge in [-0.25, -0.2) is 15.4 Å². The van der Waals surface area contributed by atoms with Gasteiger partial charge in [0.2, 0.25) is 0 Å². The Morgan fingerprint density at radius 3 is 2.80 bits per heavy atom. The van der Waals surface area contributed by atoms with Crippen molar-refractivity contribution in [2.45, 2.75) is 5.16 Å². The Labute approximate surface area is 129 Å². The van der Waals surface area contributed by atoms with Gasteiger partial charge in [0.05, 0.1) is 6.21 Å². The van der Waals surface area contributed by atoms with Crippen LogP contribution < -0.4 is 5.43 Å². The second-order valence-corrected chi connectivity index (χ2v) is 5.40. The molecule has 0 fully saturated rings. The quantitative estimate of drug-likeness (QED) is 0.398. The van der Waals surface area contributed by atoms with Crippen LogP contribution in [0.4, 0.5) is 0 Å². The minimum atomic E-state index is -0.274. The molecular weight excluding hydrogens is 340 g/mol. The van der Waals surface area contributed by atoms with Crippen LogP contribution >= 0.6 is 27.7 Å². The zero-order valence-corrected chi connectivity index (χ0v) is 13.0. The van der Waals surface area contributed by atoms with Gasteiger partial charge in [0.25, 0.3) is 5.91 Å². The van der Waals surface area contributed by atoms with Crippen LogP contribution in [0.15, 0.2) is 51.4 Å². The van der Waals surface area contributed by atoms with Crippen LogP contribution in [0, 0.1) is 0 Å². The van der Waals surface area contributed by atoms with Gasteiger partial charge in [-0.3, -0.25) is 4.79 Å². The summed E-state index contributed by atoms with van der Waals surface area (Å²) in [4.78, 5) is 20.0. The Morgan fingerprint density at radius 1 is 1.40 bits per heavy atom. The van der Waals surface area contributed by atoms with Gasteiger partial charge >= 0.3 is 0 Å². The van der Waals surface area contributed by atoms with Crippen molar-refractivity contribution >= 4 is 39.8 Å². The highest BCUT2D eigenvalue weighted by atomic mass is 79.9. The fourth-order valence-electron chi connectivity index (χ4n) is 1.36. The molecule has 2 rings (SSSR count). The summed E-state index contributed by atoms with van der Waals surface area (Å²) >= 11 is 4.78. The van der Waals surface area contributed by atoms with Crippen LogP contribution in [0.3, 0.4) is 0 Å². The van der Waals surface area contributed by atoms with Gasteiger partial charge in [-0.2, -0.15) is 5.10 Å². The lowest BCUT2D eigenvalue weighted by atomic mass is 10.2. The van der Waals surface area contributed by atoms with Crippen LogP contribution in [0.1, 0.15) is 15.9 Å². The van der Waals surface area contributed by atoms with Crippen molar-refractivity contribution in [1.29, 1.82) is 0 Å². The molecule has 0 saturated carbocycles. The SMILES string of the molecule is CSc1ncc(/C=N/NC(=O)c2cccc(Br)c2)cn1. The van der Waals surface area contributed by atoms with E-state index in [-0.39, 0.29) is 5.91 Å². The van der Waals surface area contributed by atoms with Gasteiger partial charge in [-0.15, -0.1) is 0 Å². The van der Waals surface area contributed by atoms with Gasteiger partial charge < -0.3 is 0 Å². The zero-order valence-electron chi connectivity index (χ0n) is 10.6. The van der Waals surface area contributed by atoms with Gasteiger partial charge in [-0.05, 0) is 24.5 Å². The Balaban J connectivity index is 1.97. The summed E-state index contributed by atoms with van der Waals surface area (Å²) in [6.07, 6.45) is 6.70. The van der Waals surface area contributed by atoms with Gasteiger partial charge in [-0.1, -0.05) is 33.8 Å². The number of carbonyl (C=O) groups excluding carboxylic acids is 1. The molecule has 0 unspecified atom stereocenters. The standard InChI is InChI=1S/C13H11BrN4OS/c1-20-13-15-6-9(7-16-13)8-17-18-12(19)10-3-2-4-11(14)5-10/h2-8H,1H3,(H,18,19)/b17-8+. The summed E-state index contributed by atoms with van der Waals surface area (Å²) in [5.74, 6) is -0.274. The minimum Gasteiger partial charge on any atom is -0.267 e. The molecule has 2 aromatic rings. The fourth-order valence-corrected chi connectivity index (χ4v) is 2.07. The molecule has 0 aliphatic heterocycles. The largest absolute Gasteiger partial charge is 0.271 e. The molecule has 7 heteroatoms. The second kappa shape index (κ2) is 7.16. The summed E-state index contributed by atoms with van der Waals surface area (Å²) in [6.45, 7) is 0.